The van der Waals surface area contributed by atoms with Crippen LogP contribution in [0.15, 0.2) is 18.2 Å². The van der Waals surface area contributed by atoms with E-state index in [-0.39, 0.29) is 23.7 Å². The number of rotatable bonds is 4. The van der Waals surface area contributed by atoms with Gasteiger partial charge in [0, 0.05) is 12.0 Å². The minimum atomic E-state index is -1.37. The number of ether oxygens (including phenoxy) is 2. The van der Waals surface area contributed by atoms with Gasteiger partial charge >= 0.3 is 5.97 Å². The Labute approximate surface area is 116 Å². The van der Waals surface area contributed by atoms with Gasteiger partial charge in [0.05, 0.1) is 11.7 Å². The minimum Gasteiger partial charge on any atom is -0.490 e. The number of fused-ring (bicyclic) bond motifs is 1. The number of ketones is 2. The highest BCUT2D eigenvalue weighted by Crippen LogP contribution is 2.32. The molecule has 0 saturated carbocycles. The van der Waals surface area contributed by atoms with Crippen molar-refractivity contribution in [1.82, 2.24) is 0 Å². The van der Waals surface area contributed by atoms with Crippen molar-refractivity contribution < 1.29 is 23.9 Å². The SMILES string of the molecule is CCC(=O)OC1C(=O)c2cccc(OC(C)C)c2C1=O. The van der Waals surface area contributed by atoms with E-state index in [1.54, 1.807) is 25.1 Å². The molecule has 0 heterocycles. The van der Waals surface area contributed by atoms with Crippen LogP contribution in [0.4, 0.5) is 0 Å². The molecule has 2 rings (SSSR count). The largest absolute Gasteiger partial charge is 0.490 e. The van der Waals surface area contributed by atoms with Crippen LogP contribution in [0.3, 0.4) is 0 Å². The zero-order valence-corrected chi connectivity index (χ0v) is 11.6. The zero-order valence-electron chi connectivity index (χ0n) is 11.6. The third-order valence-corrected chi connectivity index (χ3v) is 2.91. The van der Waals surface area contributed by atoms with E-state index in [1.165, 1.54) is 0 Å². The van der Waals surface area contributed by atoms with Crippen molar-refractivity contribution in [2.45, 2.75) is 39.4 Å². The summed E-state index contributed by atoms with van der Waals surface area (Å²) in [6, 6.07) is 4.82. The molecule has 5 heteroatoms. The maximum absolute atomic E-state index is 12.3. The van der Waals surface area contributed by atoms with E-state index in [2.05, 4.69) is 0 Å². The maximum atomic E-state index is 12.3. The van der Waals surface area contributed by atoms with Gasteiger partial charge < -0.3 is 9.47 Å². The molecule has 5 nitrogen and oxygen atoms in total. The van der Waals surface area contributed by atoms with E-state index < -0.39 is 23.6 Å². The van der Waals surface area contributed by atoms with Gasteiger partial charge in [-0.1, -0.05) is 19.1 Å². The molecule has 0 bridgehead atoms. The summed E-state index contributed by atoms with van der Waals surface area (Å²) in [7, 11) is 0. The van der Waals surface area contributed by atoms with Crippen LogP contribution >= 0.6 is 0 Å². The summed E-state index contributed by atoms with van der Waals surface area (Å²) < 4.78 is 10.5. The molecule has 106 valence electrons. The second kappa shape index (κ2) is 5.45. The Hall–Kier alpha value is -2.17. The first-order valence-electron chi connectivity index (χ1n) is 6.53. The van der Waals surface area contributed by atoms with E-state index in [0.717, 1.165) is 0 Å². The molecule has 0 aromatic heterocycles. The summed E-state index contributed by atoms with van der Waals surface area (Å²) in [6.07, 6.45) is -1.38. The Kier molecular flexibility index (Phi) is 3.88. The van der Waals surface area contributed by atoms with Crippen LogP contribution in [-0.4, -0.2) is 29.7 Å². The van der Waals surface area contributed by atoms with Crippen LogP contribution in [0, 0.1) is 0 Å². The van der Waals surface area contributed by atoms with Crippen LogP contribution < -0.4 is 4.74 Å². The van der Waals surface area contributed by atoms with Gasteiger partial charge in [-0.05, 0) is 19.9 Å². The first kappa shape index (κ1) is 14.2. The highest BCUT2D eigenvalue weighted by Gasteiger charge is 2.43. The Balaban J connectivity index is 2.38. The molecular weight excluding hydrogens is 260 g/mol. The fraction of sp³-hybridized carbons (Fsp3) is 0.400. The highest BCUT2D eigenvalue weighted by molar-refractivity contribution is 6.30. The molecule has 0 aliphatic heterocycles. The third kappa shape index (κ3) is 2.43. The Morgan fingerprint density at radius 3 is 2.55 bits per heavy atom. The number of carbonyl (C=O) groups is 3. The lowest BCUT2D eigenvalue weighted by atomic mass is 10.1. The van der Waals surface area contributed by atoms with E-state index in [0.29, 0.717) is 5.75 Å². The van der Waals surface area contributed by atoms with Crippen LogP contribution in [0.5, 0.6) is 5.75 Å². The van der Waals surface area contributed by atoms with Gasteiger partial charge in [-0.3, -0.25) is 14.4 Å². The maximum Gasteiger partial charge on any atom is 0.306 e. The fourth-order valence-corrected chi connectivity index (χ4v) is 2.06. The highest BCUT2D eigenvalue weighted by atomic mass is 16.6. The molecule has 0 fully saturated rings. The van der Waals surface area contributed by atoms with E-state index in [1.807, 2.05) is 13.8 Å². The summed E-state index contributed by atoms with van der Waals surface area (Å²) in [5.74, 6) is -1.22. The lowest BCUT2D eigenvalue weighted by molar-refractivity contribution is -0.144. The van der Waals surface area contributed by atoms with Crippen LogP contribution in [0.25, 0.3) is 0 Å². The number of carbonyl (C=O) groups excluding carboxylic acids is 3. The van der Waals surface area contributed by atoms with Gasteiger partial charge in [-0.2, -0.15) is 0 Å². The molecule has 1 aliphatic rings. The summed E-state index contributed by atoms with van der Waals surface area (Å²) in [6.45, 7) is 5.26. The number of Topliss-reactive ketones (excluding diaryl/α,β-unsaturated/α-hetero) is 2. The molecule has 0 saturated heterocycles. The second-order valence-corrected chi connectivity index (χ2v) is 4.80. The molecule has 0 amide bonds. The predicted molar refractivity (Wildman–Crippen MR) is 71.0 cm³/mol. The number of esters is 1. The standard InChI is InChI=1S/C15H16O5/c1-4-11(16)20-15-13(17)9-6-5-7-10(19-8(2)3)12(9)14(15)18/h5-8,15H,4H2,1-3H3. The minimum absolute atomic E-state index is 0.114. The Morgan fingerprint density at radius 2 is 1.95 bits per heavy atom. The molecule has 1 aliphatic carbocycles. The van der Waals surface area contributed by atoms with Crippen molar-refractivity contribution in [2.75, 3.05) is 0 Å². The molecule has 1 atom stereocenters. The lowest BCUT2D eigenvalue weighted by Gasteiger charge is -2.12. The van der Waals surface area contributed by atoms with Crippen molar-refractivity contribution in [3.8, 4) is 5.75 Å². The normalized spacial score (nSPS) is 17.3. The molecule has 1 unspecified atom stereocenters. The number of benzene rings is 1. The van der Waals surface area contributed by atoms with Gasteiger partial charge in [0.2, 0.25) is 17.7 Å². The van der Waals surface area contributed by atoms with Crippen molar-refractivity contribution in [2.24, 2.45) is 0 Å². The van der Waals surface area contributed by atoms with Crippen molar-refractivity contribution in [1.29, 1.82) is 0 Å². The summed E-state index contributed by atoms with van der Waals surface area (Å²) in [4.78, 5) is 35.7. The van der Waals surface area contributed by atoms with Gasteiger partial charge in [-0.15, -0.1) is 0 Å². The van der Waals surface area contributed by atoms with E-state index in [9.17, 15) is 14.4 Å². The van der Waals surface area contributed by atoms with Crippen molar-refractivity contribution in [3.63, 3.8) is 0 Å². The first-order chi connectivity index (χ1) is 9.45. The van der Waals surface area contributed by atoms with Crippen LogP contribution in [-0.2, 0) is 9.53 Å². The van der Waals surface area contributed by atoms with Crippen LogP contribution in [0.2, 0.25) is 0 Å². The third-order valence-electron chi connectivity index (χ3n) is 2.91. The van der Waals surface area contributed by atoms with Gasteiger partial charge in [-0.25, -0.2) is 0 Å². The molecule has 0 spiro atoms. The zero-order chi connectivity index (χ0) is 14.9. The lowest BCUT2D eigenvalue weighted by Crippen LogP contribution is -2.28. The van der Waals surface area contributed by atoms with Crippen molar-refractivity contribution >= 4 is 17.5 Å². The summed E-state index contributed by atoms with van der Waals surface area (Å²) in [5.41, 5.74) is 0.460. The Bertz CT molecular complexity index is 574. The summed E-state index contributed by atoms with van der Waals surface area (Å²) in [5, 5.41) is 0. The van der Waals surface area contributed by atoms with E-state index in [4.69, 9.17) is 9.47 Å². The molecule has 0 radical (unpaired) electrons. The molecule has 20 heavy (non-hydrogen) atoms. The van der Waals surface area contributed by atoms with E-state index >= 15 is 0 Å². The molecule has 0 N–H and O–H groups in total. The van der Waals surface area contributed by atoms with Gasteiger partial charge in [0.1, 0.15) is 5.75 Å². The monoisotopic (exact) mass is 276 g/mol. The Morgan fingerprint density at radius 1 is 1.25 bits per heavy atom. The second-order valence-electron chi connectivity index (χ2n) is 4.80. The average Bonchev–Trinajstić information content (AvgIpc) is 2.64. The summed E-state index contributed by atoms with van der Waals surface area (Å²) >= 11 is 0. The fourth-order valence-electron chi connectivity index (χ4n) is 2.06. The molecule has 1 aromatic rings. The average molecular weight is 276 g/mol. The molecular formula is C15H16O5. The molecule has 1 aromatic carbocycles. The first-order valence-corrected chi connectivity index (χ1v) is 6.53. The van der Waals surface area contributed by atoms with Crippen molar-refractivity contribution in [3.05, 3.63) is 29.3 Å². The number of hydrogen-bond acceptors (Lipinski definition) is 5. The van der Waals surface area contributed by atoms with Gasteiger partial charge in [0.15, 0.2) is 0 Å². The van der Waals surface area contributed by atoms with Gasteiger partial charge in [0.25, 0.3) is 0 Å². The van der Waals surface area contributed by atoms with Crippen LogP contribution in [0.1, 0.15) is 47.9 Å². The number of hydrogen-bond donors (Lipinski definition) is 0. The topological polar surface area (TPSA) is 69.7 Å². The predicted octanol–water partition coefficient (Wildman–Crippen LogP) is 2.17. The smallest absolute Gasteiger partial charge is 0.306 e. The quantitative estimate of drug-likeness (QED) is 0.622.